The minimum absolute atomic E-state index is 0.0531. The van der Waals surface area contributed by atoms with E-state index in [-0.39, 0.29) is 18.5 Å². The highest BCUT2D eigenvalue weighted by atomic mass is 19.1. The van der Waals surface area contributed by atoms with Crippen molar-refractivity contribution in [3.8, 4) is 0 Å². The van der Waals surface area contributed by atoms with Crippen molar-refractivity contribution in [1.82, 2.24) is 0 Å². The monoisotopic (exact) mass is 385 g/mol. The van der Waals surface area contributed by atoms with Crippen molar-refractivity contribution < 1.29 is 23.5 Å². The first kappa shape index (κ1) is 19.0. The summed E-state index contributed by atoms with van der Waals surface area (Å²) in [6, 6.07) is 6.33. The topological polar surface area (TPSA) is 65.0 Å². The number of hydrogen-bond donors (Lipinski definition) is 0. The van der Waals surface area contributed by atoms with Crippen LogP contribution < -0.4 is 0 Å². The van der Waals surface area contributed by atoms with Gasteiger partial charge in [0.25, 0.3) is 0 Å². The van der Waals surface area contributed by atoms with E-state index in [1.165, 1.54) is 6.07 Å². The van der Waals surface area contributed by atoms with Crippen molar-refractivity contribution in [2.45, 2.75) is 51.0 Å². The first-order valence-electron chi connectivity index (χ1n) is 9.90. The number of carbonyl (C=O) groups is 2. The van der Waals surface area contributed by atoms with Crippen molar-refractivity contribution >= 4 is 17.5 Å². The summed E-state index contributed by atoms with van der Waals surface area (Å²) in [5.41, 5.74) is 2.07. The number of nitrogens with zero attached hydrogens (tertiary/aromatic N) is 1. The van der Waals surface area contributed by atoms with Gasteiger partial charge in [0, 0.05) is 35.9 Å². The molecular formula is C22H24FNO4. The Hall–Kier alpha value is -2.34. The van der Waals surface area contributed by atoms with E-state index in [1.54, 1.807) is 25.1 Å². The van der Waals surface area contributed by atoms with E-state index in [9.17, 15) is 14.0 Å². The van der Waals surface area contributed by atoms with Crippen LogP contribution in [0.15, 0.2) is 40.5 Å². The van der Waals surface area contributed by atoms with Gasteiger partial charge in [0.2, 0.25) is 0 Å². The third kappa shape index (κ3) is 3.53. The highest BCUT2D eigenvalue weighted by Crippen LogP contribution is 2.44. The molecule has 1 aromatic carbocycles. The predicted molar refractivity (Wildman–Crippen MR) is 102 cm³/mol. The summed E-state index contributed by atoms with van der Waals surface area (Å²) in [5, 5.41) is 0. The minimum atomic E-state index is -0.806. The molecule has 1 aromatic rings. The molecular weight excluding hydrogens is 361 g/mol. The van der Waals surface area contributed by atoms with Crippen LogP contribution in [0.3, 0.4) is 0 Å². The van der Waals surface area contributed by atoms with Crippen LogP contribution in [-0.2, 0) is 19.1 Å². The highest BCUT2D eigenvalue weighted by Gasteiger charge is 2.44. The molecule has 3 atom stereocenters. The number of esters is 1. The maximum atomic E-state index is 14.7. The Kier molecular flexibility index (Phi) is 5.40. The average molecular weight is 385 g/mol. The lowest BCUT2D eigenvalue weighted by Gasteiger charge is -2.34. The third-order valence-electron chi connectivity index (χ3n) is 5.76. The van der Waals surface area contributed by atoms with Crippen LogP contribution >= 0.6 is 0 Å². The summed E-state index contributed by atoms with van der Waals surface area (Å²) in [6.45, 7) is 2.61. The Bertz CT molecular complexity index is 854. The number of halogens is 1. The fraction of sp³-hybridized carbons (Fsp3) is 0.500. The second kappa shape index (κ2) is 7.95. The molecule has 1 aliphatic carbocycles. The van der Waals surface area contributed by atoms with Crippen LogP contribution in [0.1, 0.15) is 50.5 Å². The summed E-state index contributed by atoms with van der Waals surface area (Å²) in [7, 11) is 0. The standard InChI is InChI=1S/C22H24FNO4/c1-13-19(22(26)28-12-14-6-5-11-27-14)20(15-7-2-3-8-16(15)23)21-17(24-13)9-4-10-18(21)25/h2-3,7-8,14,19-20H,4-6,9-12H2,1H3/t14-,19?,20+/m0/s1. The molecule has 1 unspecified atom stereocenters. The van der Waals surface area contributed by atoms with E-state index in [0.29, 0.717) is 42.0 Å². The quantitative estimate of drug-likeness (QED) is 0.741. The largest absolute Gasteiger partial charge is 0.462 e. The molecule has 4 rings (SSSR count). The number of allylic oxidation sites excluding steroid dienone is 2. The Morgan fingerprint density at radius 3 is 2.86 bits per heavy atom. The van der Waals surface area contributed by atoms with Gasteiger partial charge in [0.15, 0.2) is 5.78 Å². The van der Waals surface area contributed by atoms with Gasteiger partial charge in [-0.2, -0.15) is 0 Å². The van der Waals surface area contributed by atoms with Crippen LogP contribution in [0, 0.1) is 11.7 Å². The fourth-order valence-corrected chi connectivity index (χ4v) is 4.42. The third-order valence-corrected chi connectivity index (χ3v) is 5.76. The molecule has 3 aliphatic rings. The molecule has 2 heterocycles. The summed E-state index contributed by atoms with van der Waals surface area (Å²) in [5.74, 6) is -2.46. The number of aliphatic imine (C=N–C) groups is 1. The molecule has 0 saturated carbocycles. The smallest absolute Gasteiger partial charge is 0.315 e. The second-order valence-electron chi connectivity index (χ2n) is 7.63. The lowest BCUT2D eigenvalue weighted by molar-refractivity contribution is -0.149. The van der Waals surface area contributed by atoms with Crippen LogP contribution in [0.25, 0.3) is 0 Å². The van der Waals surface area contributed by atoms with Crippen molar-refractivity contribution in [2.24, 2.45) is 10.9 Å². The van der Waals surface area contributed by atoms with Gasteiger partial charge in [-0.25, -0.2) is 4.39 Å². The highest BCUT2D eigenvalue weighted by molar-refractivity contribution is 6.08. The Balaban J connectivity index is 1.70. The van der Waals surface area contributed by atoms with Crippen LogP contribution in [0.4, 0.5) is 4.39 Å². The number of rotatable bonds is 4. The number of benzene rings is 1. The first-order valence-corrected chi connectivity index (χ1v) is 9.90. The maximum Gasteiger partial charge on any atom is 0.315 e. The summed E-state index contributed by atoms with van der Waals surface area (Å²) < 4.78 is 25.8. The van der Waals surface area contributed by atoms with Gasteiger partial charge < -0.3 is 9.47 Å². The van der Waals surface area contributed by atoms with Gasteiger partial charge in [0.05, 0.1) is 6.10 Å². The fourth-order valence-electron chi connectivity index (χ4n) is 4.42. The van der Waals surface area contributed by atoms with E-state index in [0.717, 1.165) is 19.3 Å². The zero-order valence-corrected chi connectivity index (χ0v) is 15.9. The SMILES string of the molecule is CC1=NC2=C(C(=O)CCC2)[C@H](c2ccccc2F)C1C(=O)OC[C@@H]1CCCO1. The number of hydrogen-bond acceptors (Lipinski definition) is 5. The van der Waals surface area contributed by atoms with Crippen molar-refractivity contribution in [3.05, 3.63) is 46.9 Å². The molecule has 6 heteroatoms. The molecule has 1 fully saturated rings. The van der Waals surface area contributed by atoms with Crippen LogP contribution in [0.5, 0.6) is 0 Å². The molecule has 2 aliphatic heterocycles. The zero-order chi connectivity index (χ0) is 19.7. The van der Waals surface area contributed by atoms with Gasteiger partial charge in [-0.1, -0.05) is 18.2 Å². The number of carbonyl (C=O) groups excluding carboxylic acids is 2. The maximum absolute atomic E-state index is 14.7. The van der Waals surface area contributed by atoms with E-state index in [2.05, 4.69) is 4.99 Å². The lowest BCUT2D eigenvalue weighted by Crippen LogP contribution is -2.38. The molecule has 0 amide bonds. The Morgan fingerprint density at radius 2 is 2.11 bits per heavy atom. The Labute approximate surface area is 163 Å². The normalized spacial score (nSPS) is 27.4. The summed E-state index contributed by atoms with van der Waals surface area (Å²) >= 11 is 0. The number of ether oxygens (including phenoxy) is 2. The molecule has 148 valence electrons. The van der Waals surface area contributed by atoms with E-state index >= 15 is 0 Å². The van der Waals surface area contributed by atoms with Gasteiger partial charge in [-0.15, -0.1) is 0 Å². The molecule has 5 nitrogen and oxygen atoms in total. The summed E-state index contributed by atoms with van der Waals surface area (Å²) in [6.07, 6.45) is 3.51. The van der Waals surface area contributed by atoms with Crippen LogP contribution in [-0.4, -0.2) is 36.8 Å². The van der Waals surface area contributed by atoms with Gasteiger partial charge >= 0.3 is 5.97 Å². The summed E-state index contributed by atoms with van der Waals surface area (Å²) in [4.78, 5) is 30.3. The Morgan fingerprint density at radius 1 is 1.29 bits per heavy atom. The van der Waals surface area contributed by atoms with Gasteiger partial charge in [0.1, 0.15) is 18.3 Å². The number of Topliss-reactive ketones (excluding diaryl/α,β-unsaturated/α-hetero) is 1. The zero-order valence-electron chi connectivity index (χ0n) is 15.9. The average Bonchev–Trinajstić information content (AvgIpc) is 3.19. The molecule has 0 aromatic heterocycles. The number of ketones is 1. The van der Waals surface area contributed by atoms with Crippen molar-refractivity contribution in [3.63, 3.8) is 0 Å². The van der Waals surface area contributed by atoms with E-state index < -0.39 is 23.6 Å². The molecule has 0 N–H and O–H groups in total. The first-order chi connectivity index (χ1) is 13.6. The molecule has 0 bridgehead atoms. The predicted octanol–water partition coefficient (Wildman–Crippen LogP) is 3.73. The lowest BCUT2D eigenvalue weighted by atomic mass is 9.71. The van der Waals surface area contributed by atoms with E-state index in [4.69, 9.17) is 9.47 Å². The van der Waals surface area contributed by atoms with Crippen molar-refractivity contribution in [2.75, 3.05) is 13.2 Å². The van der Waals surface area contributed by atoms with Crippen molar-refractivity contribution in [1.29, 1.82) is 0 Å². The van der Waals surface area contributed by atoms with Gasteiger partial charge in [-0.3, -0.25) is 14.6 Å². The molecule has 0 radical (unpaired) electrons. The second-order valence-corrected chi connectivity index (χ2v) is 7.63. The van der Waals surface area contributed by atoms with Crippen LogP contribution in [0.2, 0.25) is 0 Å². The van der Waals surface area contributed by atoms with Gasteiger partial charge in [-0.05, 0) is 44.2 Å². The minimum Gasteiger partial charge on any atom is -0.462 e. The van der Waals surface area contributed by atoms with E-state index in [1.807, 2.05) is 0 Å². The molecule has 0 spiro atoms. The molecule has 28 heavy (non-hydrogen) atoms. The molecule has 1 saturated heterocycles.